The van der Waals surface area contributed by atoms with Crippen molar-refractivity contribution < 1.29 is 17.9 Å². The van der Waals surface area contributed by atoms with Gasteiger partial charge in [-0.2, -0.15) is 0 Å². The van der Waals surface area contributed by atoms with E-state index in [1.165, 1.54) is 18.2 Å². The number of benzene rings is 3. The van der Waals surface area contributed by atoms with E-state index in [0.29, 0.717) is 17.3 Å². The number of rotatable bonds is 5. The minimum atomic E-state index is -4.77. The fourth-order valence-corrected chi connectivity index (χ4v) is 4.17. The number of nitrogens with one attached hydrogen (secondary N) is 1. The normalized spacial score (nSPS) is 11.7. The van der Waals surface area contributed by atoms with Crippen molar-refractivity contribution in [2.45, 2.75) is 33.6 Å². The number of aryl methyl sites for hydroxylation is 3. The maximum Gasteiger partial charge on any atom is 0.573 e. The van der Waals surface area contributed by atoms with E-state index in [4.69, 9.17) is 4.98 Å². The van der Waals surface area contributed by atoms with Gasteiger partial charge in [0.25, 0.3) is 0 Å². The number of alkyl halides is 3. The summed E-state index contributed by atoms with van der Waals surface area (Å²) >= 11 is 0. The highest BCUT2D eigenvalue weighted by Crippen LogP contribution is 2.36. The highest BCUT2D eigenvalue weighted by molar-refractivity contribution is 6.02. The molecular weight excluding hydrogens is 467 g/mol. The Morgan fingerprint density at radius 2 is 1.78 bits per heavy atom. The summed E-state index contributed by atoms with van der Waals surface area (Å²) in [5, 5.41) is 4.80. The van der Waals surface area contributed by atoms with E-state index in [9.17, 15) is 13.2 Å². The molecule has 5 aromatic rings. The number of fused-ring (bicyclic) bond motifs is 2. The summed E-state index contributed by atoms with van der Waals surface area (Å²) in [4.78, 5) is 18.3. The summed E-state index contributed by atoms with van der Waals surface area (Å²) in [5.41, 5.74) is 4.95. The molecule has 0 saturated heterocycles. The molecule has 0 radical (unpaired) electrons. The SMILES string of the molecule is CCc1ncc2cc(-c3c(C)ccc4c(Nc5cccc(OC(F)(F)F)c5)nc(C)nc34)ccc2n1. The van der Waals surface area contributed by atoms with Crippen molar-refractivity contribution in [2.75, 3.05) is 5.32 Å². The minimum Gasteiger partial charge on any atom is -0.406 e. The average Bonchev–Trinajstić information content (AvgIpc) is 2.82. The molecule has 0 bridgehead atoms. The Hall–Kier alpha value is -4.27. The third-order valence-electron chi connectivity index (χ3n) is 5.75. The zero-order valence-corrected chi connectivity index (χ0v) is 19.8. The molecule has 0 aliphatic heterocycles. The second kappa shape index (κ2) is 9.07. The summed E-state index contributed by atoms with van der Waals surface area (Å²) < 4.78 is 42.1. The van der Waals surface area contributed by atoms with Gasteiger partial charge in [-0.3, -0.25) is 0 Å². The van der Waals surface area contributed by atoms with Crippen molar-refractivity contribution in [3.05, 3.63) is 78.0 Å². The van der Waals surface area contributed by atoms with Crippen molar-refractivity contribution in [3.63, 3.8) is 0 Å². The topological polar surface area (TPSA) is 72.8 Å². The maximum atomic E-state index is 12.7. The first-order valence-corrected chi connectivity index (χ1v) is 11.4. The maximum absolute atomic E-state index is 12.7. The van der Waals surface area contributed by atoms with Gasteiger partial charge in [0.15, 0.2) is 0 Å². The van der Waals surface area contributed by atoms with Crippen LogP contribution in [0.1, 0.15) is 24.1 Å². The van der Waals surface area contributed by atoms with E-state index in [1.54, 1.807) is 13.0 Å². The zero-order valence-electron chi connectivity index (χ0n) is 19.8. The van der Waals surface area contributed by atoms with E-state index in [1.807, 2.05) is 50.4 Å². The van der Waals surface area contributed by atoms with Crippen LogP contribution in [0, 0.1) is 13.8 Å². The molecule has 0 saturated carbocycles. The van der Waals surface area contributed by atoms with Crippen LogP contribution in [-0.4, -0.2) is 26.3 Å². The lowest BCUT2D eigenvalue weighted by Gasteiger charge is -2.15. The summed E-state index contributed by atoms with van der Waals surface area (Å²) in [6.45, 7) is 5.81. The fraction of sp³-hybridized carbons (Fsp3) is 0.185. The van der Waals surface area contributed by atoms with Crippen LogP contribution in [0.15, 0.2) is 60.8 Å². The number of aromatic nitrogens is 4. The second-order valence-electron chi connectivity index (χ2n) is 8.39. The van der Waals surface area contributed by atoms with Gasteiger partial charge in [-0.25, -0.2) is 19.9 Å². The lowest BCUT2D eigenvalue weighted by atomic mass is 9.96. The van der Waals surface area contributed by atoms with Crippen LogP contribution >= 0.6 is 0 Å². The molecule has 3 aromatic carbocycles. The average molecular weight is 490 g/mol. The standard InChI is InChI=1S/C27H22F3N5O/c1-4-23-31-14-18-12-17(9-11-22(18)35-23)24-15(2)8-10-21-25(24)32-16(3)33-26(21)34-19-6-5-7-20(13-19)36-27(28,29)30/h5-14H,4H2,1-3H3,(H,32,33,34). The first kappa shape index (κ1) is 23.5. The number of hydrogen-bond donors (Lipinski definition) is 1. The Kier molecular flexibility index (Phi) is 5.91. The van der Waals surface area contributed by atoms with E-state index >= 15 is 0 Å². The van der Waals surface area contributed by atoms with Crippen LogP contribution in [0.3, 0.4) is 0 Å². The Morgan fingerprint density at radius 1 is 0.944 bits per heavy atom. The van der Waals surface area contributed by atoms with Crippen molar-refractivity contribution in [1.82, 2.24) is 19.9 Å². The number of nitrogens with zero attached hydrogens (tertiary/aromatic N) is 4. The van der Waals surface area contributed by atoms with Crippen LogP contribution in [0.2, 0.25) is 0 Å². The zero-order chi connectivity index (χ0) is 25.4. The molecule has 0 spiro atoms. The molecule has 2 aromatic heterocycles. The number of halogens is 3. The highest BCUT2D eigenvalue weighted by atomic mass is 19.4. The van der Waals surface area contributed by atoms with Gasteiger partial charge in [-0.05, 0) is 55.3 Å². The first-order chi connectivity index (χ1) is 17.2. The van der Waals surface area contributed by atoms with Gasteiger partial charge in [0.05, 0.1) is 11.0 Å². The molecule has 0 aliphatic rings. The summed E-state index contributed by atoms with van der Waals surface area (Å²) in [5.74, 6) is 1.49. The summed E-state index contributed by atoms with van der Waals surface area (Å²) in [7, 11) is 0. The fourth-order valence-electron chi connectivity index (χ4n) is 4.17. The van der Waals surface area contributed by atoms with Crippen molar-refractivity contribution in [1.29, 1.82) is 0 Å². The Bertz CT molecular complexity index is 1600. The molecule has 5 rings (SSSR count). The largest absolute Gasteiger partial charge is 0.573 e. The van der Waals surface area contributed by atoms with Crippen LogP contribution in [-0.2, 0) is 6.42 Å². The monoisotopic (exact) mass is 489 g/mol. The van der Waals surface area contributed by atoms with Crippen LogP contribution in [0.25, 0.3) is 32.9 Å². The Labute approximate surface area is 205 Å². The molecule has 0 aliphatic carbocycles. The molecule has 36 heavy (non-hydrogen) atoms. The number of hydrogen-bond acceptors (Lipinski definition) is 6. The van der Waals surface area contributed by atoms with Crippen molar-refractivity contribution >= 4 is 33.3 Å². The van der Waals surface area contributed by atoms with E-state index in [2.05, 4.69) is 25.0 Å². The quantitative estimate of drug-likeness (QED) is 0.285. The van der Waals surface area contributed by atoms with Crippen LogP contribution in [0.5, 0.6) is 5.75 Å². The molecule has 0 unspecified atom stereocenters. The second-order valence-corrected chi connectivity index (χ2v) is 8.39. The molecule has 2 heterocycles. The molecule has 6 nitrogen and oxygen atoms in total. The Morgan fingerprint density at radius 3 is 2.56 bits per heavy atom. The molecule has 0 atom stereocenters. The van der Waals surface area contributed by atoms with Gasteiger partial charge in [0.1, 0.15) is 23.2 Å². The summed E-state index contributed by atoms with van der Waals surface area (Å²) in [6.07, 6.45) is -2.18. The van der Waals surface area contributed by atoms with Gasteiger partial charge in [0.2, 0.25) is 0 Å². The van der Waals surface area contributed by atoms with Gasteiger partial charge in [-0.15, -0.1) is 13.2 Å². The number of ether oxygens (including phenoxy) is 1. The lowest BCUT2D eigenvalue weighted by Crippen LogP contribution is -2.17. The van der Waals surface area contributed by atoms with E-state index in [-0.39, 0.29) is 5.75 Å². The molecule has 0 amide bonds. The number of anilines is 2. The van der Waals surface area contributed by atoms with Crippen LogP contribution in [0.4, 0.5) is 24.7 Å². The molecule has 0 fully saturated rings. The van der Waals surface area contributed by atoms with Gasteiger partial charge in [-0.1, -0.05) is 25.1 Å². The lowest BCUT2D eigenvalue weighted by molar-refractivity contribution is -0.274. The van der Waals surface area contributed by atoms with E-state index in [0.717, 1.165) is 50.7 Å². The molecule has 9 heteroatoms. The van der Waals surface area contributed by atoms with Crippen molar-refractivity contribution in [2.24, 2.45) is 0 Å². The van der Waals surface area contributed by atoms with Crippen molar-refractivity contribution in [3.8, 4) is 16.9 Å². The smallest absolute Gasteiger partial charge is 0.406 e. The highest BCUT2D eigenvalue weighted by Gasteiger charge is 2.31. The first-order valence-electron chi connectivity index (χ1n) is 11.4. The minimum absolute atomic E-state index is 0.316. The Balaban J connectivity index is 1.60. The van der Waals surface area contributed by atoms with Crippen LogP contribution < -0.4 is 10.1 Å². The third kappa shape index (κ3) is 4.77. The predicted octanol–water partition coefficient (Wildman–Crippen LogP) is 7.06. The molecule has 182 valence electrons. The van der Waals surface area contributed by atoms with Gasteiger partial charge < -0.3 is 10.1 Å². The van der Waals surface area contributed by atoms with Gasteiger partial charge in [0, 0.05) is 40.7 Å². The predicted molar refractivity (Wildman–Crippen MR) is 133 cm³/mol. The summed E-state index contributed by atoms with van der Waals surface area (Å²) in [6, 6.07) is 15.6. The van der Waals surface area contributed by atoms with E-state index < -0.39 is 6.36 Å². The van der Waals surface area contributed by atoms with Gasteiger partial charge >= 0.3 is 6.36 Å². The third-order valence-corrected chi connectivity index (χ3v) is 5.75. The molecular formula is C27H22F3N5O. The molecule has 1 N–H and O–H groups in total.